The summed E-state index contributed by atoms with van der Waals surface area (Å²) in [6.07, 6.45) is 39.8. The molecule has 0 atom stereocenters. The molecule has 0 amide bonds. The van der Waals surface area contributed by atoms with Crippen molar-refractivity contribution >= 4 is 23.5 Å². The summed E-state index contributed by atoms with van der Waals surface area (Å²) < 4.78 is 63.6. The number of hydrogen-bond donors (Lipinski definition) is 1. The molecule has 17 heteroatoms. The second kappa shape index (κ2) is 62.5. The minimum absolute atomic E-state index is 0. The molecule has 0 saturated heterocycles. The Balaban J connectivity index is -0.000000278. The third-order valence-corrected chi connectivity index (χ3v) is 13.5. The van der Waals surface area contributed by atoms with Crippen molar-refractivity contribution in [2.24, 2.45) is 0 Å². The van der Waals surface area contributed by atoms with Crippen molar-refractivity contribution in [1.82, 2.24) is 0 Å². The van der Waals surface area contributed by atoms with Crippen LogP contribution in [0.4, 0.5) is 0 Å². The van der Waals surface area contributed by atoms with E-state index in [-0.39, 0.29) is 71.9 Å². The molecule has 0 bridgehead atoms. The van der Waals surface area contributed by atoms with E-state index in [2.05, 4.69) is 41.5 Å². The second-order valence-electron chi connectivity index (χ2n) is 18.0. The van der Waals surface area contributed by atoms with Gasteiger partial charge >= 0.3 is 26.2 Å². The van der Waals surface area contributed by atoms with Crippen LogP contribution in [0.15, 0.2) is 0 Å². The molecule has 0 aromatic carbocycles. The summed E-state index contributed by atoms with van der Waals surface area (Å²) in [7, 11) is -12.2. The number of phosphoric acid groups is 3. The molecule has 0 aliphatic carbocycles. The van der Waals surface area contributed by atoms with E-state index in [1.54, 1.807) is 13.8 Å². The number of aliphatic hydroxyl groups is 1. The van der Waals surface area contributed by atoms with Crippen LogP contribution in [0, 0.1) is 0 Å². The molecular formula is C51H110O13P3Zr. The molecule has 0 rings (SSSR count). The Morgan fingerprint density at radius 3 is 0.515 bits per heavy atom. The first kappa shape index (κ1) is 78.1. The van der Waals surface area contributed by atoms with E-state index in [1.165, 1.54) is 116 Å². The Bertz CT molecular complexity index is 886. The molecule has 1 N–H and O–H groups in total. The molecule has 68 heavy (non-hydrogen) atoms. The van der Waals surface area contributed by atoms with Crippen molar-refractivity contribution in [1.29, 1.82) is 0 Å². The van der Waals surface area contributed by atoms with Gasteiger partial charge in [0.25, 0.3) is 23.5 Å². The third-order valence-electron chi connectivity index (χ3n) is 10.5. The van der Waals surface area contributed by atoms with Gasteiger partial charge < -0.3 is 46.9 Å². The Morgan fingerprint density at radius 1 is 0.294 bits per heavy atom. The van der Waals surface area contributed by atoms with Crippen molar-refractivity contribution in [3.05, 3.63) is 0 Å². The number of phosphoric ester groups is 3. The molecule has 0 saturated carbocycles. The van der Waals surface area contributed by atoms with Crippen LogP contribution in [-0.2, 0) is 67.0 Å². The predicted molar refractivity (Wildman–Crippen MR) is 276 cm³/mol. The van der Waals surface area contributed by atoms with Crippen LogP contribution < -0.4 is 14.7 Å². The molecule has 0 aromatic rings. The summed E-state index contributed by atoms with van der Waals surface area (Å²) in [5.74, 6) is 0. The van der Waals surface area contributed by atoms with Gasteiger partial charge in [0.2, 0.25) is 0 Å². The molecule has 0 heterocycles. The second-order valence-corrected chi connectivity index (χ2v) is 22.3. The average molecular weight is 1120 g/mol. The van der Waals surface area contributed by atoms with Gasteiger partial charge in [-0.3, -0.25) is 13.7 Å². The zero-order valence-corrected chi connectivity index (χ0v) is 50.6. The first-order valence-corrected chi connectivity index (χ1v) is 32.0. The monoisotopic (exact) mass is 1110 g/mol. The quantitative estimate of drug-likeness (QED) is 0.0447. The molecule has 411 valence electrons. The van der Waals surface area contributed by atoms with Gasteiger partial charge in [0.15, 0.2) is 0 Å². The van der Waals surface area contributed by atoms with Crippen LogP contribution in [-0.4, -0.2) is 50.9 Å². The maximum Gasteiger partial charge on any atom is 3.00 e. The first-order chi connectivity index (χ1) is 32.1. The van der Waals surface area contributed by atoms with E-state index >= 15 is 0 Å². The van der Waals surface area contributed by atoms with Crippen molar-refractivity contribution in [2.75, 3.05) is 39.6 Å². The van der Waals surface area contributed by atoms with Crippen molar-refractivity contribution in [3.63, 3.8) is 0 Å². The summed E-state index contributed by atoms with van der Waals surface area (Å²) in [5.41, 5.74) is 0. The Labute approximate surface area is 440 Å². The molecule has 0 aliphatic rings. The van der Waals surface area contributed by atoms with E-state index in [0.29, 0.717) is 0 Å². The number of rotatable bonds is 48. The van der Waals surface area contributed by atoms with Gasteiger partial charge in [0, 0.05) is 6.10 Å². The van der Waals surface area contributed by atoms with E-state index in [0.717, 1.165) is 116 Å². The predicted octanol–water partition coefficient (Wildman–Crippen LogP) is 16.0. The first-order valence-electron chi connectivity index (χ1n) is 27.6. The SMILES string of the molecule is CC(C)O.CCCCCCCCOP(=O)([O-])OCCCCCCCC.CCCCCCCCOP(=O)([O-])OCCCCCCCC.CCCCCCCCOP(=O)([O-])OCCCCCCCC.[Zr+3]. The molecule has 0 aromatic heterocycles. The smallest absolute Gasteiger partial charge is 0.756 e. The van der Waals surface area contributed by atoms with Crippen molar-refractivity contribution in [3.8, 4) is 0 Å². The van der Waals surface area contributed by atoms with Gasteiger partial charge in [-0.1, -0.05) is 234 Å². The average Bonchev–Trinajstić information content (AvgIpc) is 3.27. The standard InChI is InChI=1S/3C16H35O4P.C3H8O.Zr/c3*1-3-5-7-9-11-13-15-19-21(17,18)20-16-14-12-10-8-6-4-2;1-3(2)4;/h3*3-16H2,1-2H3,(H,17,18);3-4H,1-2H3;/q;;;;+3/p-3. The zero-order chi connectivity index (χ0) is 51.0. The molecule has 0 aliphatic heterocycles. The summed E-state index contributed by atoms with van der Waals surface area (Å²) >= 11 is 0. The van der Waals surface area contributed by atoms with Crippen molar-refractivity contribution in [2.45, 2.75) is 293 Å². The minimum atomic E-state index is -4.07. The van der Waals surface area contributed by atoms with Crippen LogP contribution in [0.2, 0.25) is 0 Å². The van der Waals surface area contributed by atoms with Gasteiger partial charge in [-0.15, -0.1) is 0 Å². The molecule has 13 nitrogen and oxygen atoms in total. The van der Waals surface area contributed by atoms with Crippen LogP contribution in [0.1, 0.15) is 287 Å². The maximum atomic E-state index is 11.5. The normalized spacial score (nSPS) is 11.6. The van der Waals surface area contributed by atoms with Crippen molar-refractivity contribution < 1.29 is 86.8 Å². The summed E-state index contributed by atoms with van der Waals surface area (Å²) in [5, 5.41) is 8.06. The van der Waals surface area contributed by atoms with Crippen LogP contribution in [0.3, 0.4) is 0 Å². The van der Waals surface area contributed by atoms with Gasteiger partial charge in [0.05, 0.1) is 39.6 Å². The fourth-order valence-corrected chi connectivity index (χ4v) is 8.80. The van der Waals surface area contributed by atoms with Gasteiger partial charge in [-0.25, -0.2) is 0 Å². The van der Waals surface area contributed by atoms with Crippen LogP contribution in [0.25, 0.3) is 0 Å². The topological polar surface area (TPSA) is 196 Å². The molecule has 0 spiro atoms. The Kier molecular flexibility index (Phi) is 71.7. The van der Waals surface area contributed by atoms with Crippen LogP contribution in [0.5, 0.6) is 0 Å². The molecule has 1 radical (unpaired) electrons. The number of unbranched alkanes of at least 4 members (excludes halogenated alkanes) is 30. The Morgan fingerprint density at radius 2 is 0.397 bits per heavy atom. The van der Waals surface area contributed by atoms with E-state index in [9.17, 15) is 28.4 Å². The minimum Gasteiger partial charge on any atom is -0.756 e. The third kappa shape index (κ3) is 78.6. The molecule has 0 unspecified atom stereocenters. The van der Waals surface area contributed by atoms with E-state index < -0.39 is 23.5 Å². The number of hydrogen-bond acceptors (Lipinski definition) is 13. The number of aliphatic hydroxyl groups excluding tert-OH is 1. The van der Waals surface area contributed by atoms with Gasteiger partial charge in [-0.2, -0.15) is 0 Å². The Hall–Kier alpha value is 1.17. The van der Waals surface area contributed by atoms with Gasteiger partial charge in [-0.05, 0) is 52.4 Å². The van der Waals surface area contributed by atoms with E-state index in [1.807, 2.05) is 0 Å². The molecule has 0 fully saturated rings. The fraction of sp³-hybridized carbons (Fsp3) is 1.00. The largest absolute Gasteiger partial charge is 3.00 e. The zero-order valence-electron chi connectivity index (χ0n) is 45.5. The van der Waals surface area contributed by atoms with Gasteiger partial charge in [0.1, 0.15) is 0 Å². The summed E-state index contributed by atoms with van der Waals surface area (Å²) in [6.45, 7) is 18.0. The van der Waals surface area contributed by atoms with Crippen LogP contribution >= 0.6 is 23.5 Å². The maximum absolute atomic E-state index is 11.5. The molecular weight excluding hydrogens is 1000 g/mol. The summed E-state index contributed by atoms with van der Waals surface area (Å²) in [4.78, 5) is 34.5. The summed E-state index contributed by atoms with van der Waals surface area (Å²) in [6, 6.07) is 0. The fourth-order valence-electron chi connectivity index (χ4n) is 6.46. The van der Waals surface area contributed by atoms with E-state index in [4.69, 9.17) is 32.2 Å².